The molecule has 2 heterocycles. The Morgan fingerprint density at radius 2 is 2.35 bits per heavy atom. The number of rotatable bonds is 6. The first-order chi connectivity index (χ1) is 9.55. The molecule has 20 heavy (non-hydrogen) atoms. The normalized spacial score (nSPS) is 25.3. The van der Waals surface area contributed by atoms with E-state index in [1.54, 1.807) is 13.1 Å². The predicted molar refractivity (Wildman–Crippen MR) is 74.0 cm³/mol. The summed E-state index contributed by atoms with van der Waals surface area (Å²) in [5, 5.41) is 3.01. The summed E-state index contributed by atoms with van der Waals surface area (Å²) in [7, 11) is 0. The Balaban J connectivity index is 1.94. The molecule has 2 rings (SSSR count). The lowest BCUT2D eigenvalue weighted by Gasteiger charge is -2.19. The van der Waals surface area contributed by atoms with Gasteiger partial charge >= 0.3 is 5.97 Å². The number of hydrogen-bond donors (Lipinski definition) is 1. The lowest BCUT2D eigenvalue weighted by atomic mass is 9.89. The van der Waals surface area contributed by atoms with Crippen molar-refractivity contribution in [3.05, 3.63) is 24.4 Å². The molecule has 0 bridgehead atoms. The molecular weight excluding hydrogens is 256 g/mol. The number of esters is 1. The second-order valence-electron chi connectivity index (χ2n) is 5.39. The highest BCUT2D eigenvalue weighted by Gasteiger charge is 2.48. The van der Waals surface area contributed by atoms with Gasteiger partial charge < -0.3 is 4.74 Å². The Labute approximate surface area is 118 Å². The van der Waals surface area contributed by atoms with Crippen LogP contribution in [0.15, 0.2) is 24.4 Å². The van der Waals surface area contributed by atoms with Crippen LogP contribution >= 0.6 is 0 Å². The highest BCUT2D eigenvalue weighted by Crippen LogP contribution is 2.34. The SMILES string of the molecule is CCC[C@@H]1C[C@@](C)(C(=O)CNc2cccc[nH+]2)OC1=O. The van der Waals surface area contributed by atoms with E-state index in [1.165, 1.54) is 0 Å². The molecule has 2 atom stereocenters. The average molecular weight is 277 g/mol. The number of Topliss-reactive ketones (excluding diaryl/α,β-unsaturated/α-hetero) is 1. The summed E-state index contributed by atoms with van der Waals surface area (Å²) in [5.74, 6) is 0.284. The summed E-state index contributed by atoms with van der Waals surface area (Å²) in [6, 6.07) is 5.58. The molecule has 108 valence electrons. The summed E-state index contributed by atoms with van der Waals surface area (Å²) >= 11 is 0. The Bertz CT molecular complexity index is 489. The van der Waals surface area contributed by atoms with E-state index in [0.29, 0.717) is 6.42 Å². The fourth-order valence-electron chi connectivity index (χ4n) is 2.51. The standard InChI is InChI=1S/C15H20N2O3/c1-3-6-11-9-15(2,20-14(11)19)12(18)10-17-13-7-4-5-8-16-13/h4-5,7-8,11H,3,6,9-10H2,1-2H3,(H,16,17)/p+1/t11-,15+/m1/s1. The van der Waals surface area contributed by atoms with Crippen molar-refractivity contribution in [1.82, 2.24) is 0 Å². The molecule has 0 radical (unpaired) electrons. The summed E-state index contributed by atoms with van der Waals surface area (Å²) in [6.45, 7) is 3.87. The van der Waals surface area contributed by atoms with Crippen molar-refractivity contribution in [3.63, 3.8) is 0 Å². The van der Waals surface area contributed by atoms with Gasteiger partial charge in [-0.25, -0.2) is 4.98 Å². The number of ether oxygens (including phenoxy) is 1. The molecule has 1 aromatic rings. The van der Waals surface area contributed by atoms with E-state index in [2.05, 4.69) is 10.3 Å². The molecule has 2 N–H and O–H groups in total. The average Bonchev–Trinajstić information content (AvgIpc) is 2.74. The number of anilines is 1. The van der Waals surface area contributed by atoms with Crippen LogP contribution in [0.2, 0.25) is 0 Å². The third kappa shape index (κ3) is 3.15. The summed E-state index contributed by atoms with van der Waals surface area (Å²) in [5.41, 5.74) is -0.987. The lowest BCUT2D eigenvalue weighted by molar-refractivity contribution is -0.361. The van der Waals surface area contributed by atoms with Crippen molar-refractivity contribution >= 4 is 17.6 Å². The van der Waals surface area contributed by atoms with Crippen molar-refractivity contribution in [2.75, 3.05) is 11.9 Å². The van der Waals surface area contributed by atoms with Gasteiger partial charge in [0.05, 0.1) is 12.1 Å². The molecule has 1 fully saturated rings. The number of carbonyl (C=O) groups is 2. The zero-order chi connectivity index (χ0) is 14.6. The molecule has 1 saturated heterocycles. The first-order valence-corrected chi connectivity index (χ1v) is 7.02. The van der Waals surface area contributed by atoms with Gasteiger partial charge in [0.1, 0.15) is 6.54 Å². The van der Waals surface area contributed by atoms with E-state index in [-0.39, 0.29) is 24.2 Å². The number of aromatic nitrogens is 1. The Kier molecular flexibility index (Phi) is 4.37. The smallest absolute Gasteiger partial charge is 0.310 e. The molecule has 5 nitrogen and oxygen atoms in total. The van der Waals surface area contributed by atoms with Crippen LogP contribution in [0.4, 0.5) is 5.82 Å². The minimum absolute atomic E-state index is 0.0956. The van der Waals surface area contributed by atoms with Crippen LogP contribution in [0.5, 0.6) is 0 Å². The molecule has 5 heteroatoms. The fraction of sp³-hybridized carbons (Fsp3) is 0.533. The van der Waals surface area contributed by atoms with Gasteiger partial charge in [0.15, 0.2) is 5.60 Å². The number of nitrogens with one attached hydrogen (secondary N) is 2. The molecule has 0 spiro atoms. The maximum atomic E-state index is 12.3. The molecule has 0 amide bonds. The molecule has 1 aromatic heterocycles. The van der Waals surface area contributed by atoms with Crippen LogP contribution in [0.1, 0.15) is 33.1 Å². The quantitative estimate of drug-likeness (QED) is 0.802. The highest BCUT2D eigenvalue weighted by molar-refractivity contribution is 5.94. The summed E-state index contributed by atoms with van der Waals surface area (Å²) in [6.07, 6.45) is 3.96. The first-order valence-electron chi connectivity index (χ1n) is 7.02. The Morgan fingerprint density at radius 1 is 1.55 bits per heavy atom. The van der Waals surface area contributed by atoms with Gasteiger partial charge in [0.25, 0.3) is 5.82 Å². The topological polar surface area (TPSA) is 69.5 Å². The third-order valence-corrected chi connectivity index (χ3v) is 3.67. The number of pyridine rings is 1. The van der Waals surface area contributed by atoms with Gasteiger partial charge in [0, 0.05) is 12.5 Å². The van der Waals surface area contributed by atoms with E-state index in [1.807, 2.05) is 25.1 Å². The van der Waals surface area contributed by atoms with Gasteiger partial charge in [0.2, 0.25) is 5.78 Å². The van der Waals surface area contributed by atoms with Crippen LogP contribution in [0.25, 0.3) is 0 Å². The van der Waals surface area contributed by atoms with Crippen LogP contribution in [0, 0.1) is 5.92 Å². The van der Waals surface area contributed by atoms with Crippen molar-refractivity contribution in [2.24, 2.45) is 5.92 Å². The van der Waals surface area contributed by atoms with E-state index < -0.39 is 5.60 Å². The lowest BCUT2D eigenvalue weighted by Crippen LogP contribution is -2.39. The Hall–Kier alpha value is -1.91. The van der Waals surface area contributed by atoms with Crippen LogP contribution in [0.3, 0.4) is 0 Å². The minimum atomic E-state index is -0.987. The number of hydrogen-bond acceptors (Lipinski definition) is 4. The second kappa shape index (κ2) is 6.03. The van der Waals surface area contributed by atoms with E-state index in [4.69, 9.17) is 4.74 Å². The van der Waals surface area contributed by atoms with Gasteiger partial charge in [-0.2, -0.15) is 0 Å². The van der Waals surface area contributed by atoms with E-state index in [9.17, 15) is 9.59 Å². The zero-order valence-corrected chi connectivity index (χ0v) is 11.9. The van der Waals surface area contributed by atoms with Crippen LogP contribution in [-0.2, 0) is 14.3 Å². The second-order valence-corrected chi connectivity index (χ2v) is 5.39. The Morgan fingerprint density at radius 3 is 3.00 bits per heavy atom. The summed E-state index contributed by atoms with van der Waals surface area (Å²) in [4.78, 5) is 27.0. The fourth-order valence-corrected chi connectivity index (χ4v) is 2.51. The van der Waals surface area contributed by atoms with Crippen molar-refractivity contribution in [1.29, 1.82) is 0 Å². The maximum absolute atomic E-state index is 12.3. The maximum Gasteiger partial charge on any atom is 0.310 e. The molecule has 0 saturated carbocycles. The van der Waals surface area contributed by atoms with E-state index in [0.717, 1.165) is 18.7 Å². The number of cyclic esters (lactones) is 1. The molecular formula is C15H21N2O3+. The number of H-pyrrole nitrogens is 1. The van der Waals surface area contributed by atoms with Gasteiger partial charge in [-0.05, 0) is 19.4 Å². The molecule has 0 aliphatic carbocycles. The third-order valence-electron chi connectivity index (χ3n) is 3.67. The van der Waals surface area contributed by atoms with Gasteiger partial charge in [-0.15, -0.1) is 0 Å². The van der Waals surface area contributed by atoms with Crippen molar-refractivity contribution in [2.45, 2.75) is 38.7 Å². The van der Waals surface area contributed by atoms with Crippen LogP contribution in [-0.4, -0.2) is 23.9 Å². The monoisotopic (exact) mass is 277 g/mol. The summed E-state index contributed by atoms with van der Waals surface area (Å²) < 4.78 is 5.33. The largest absolute Gasteiger partial charge is 0.451 e. The van der Waals surface area contributed by atoms with Crippen molar-refractivity contribution < 1.29 is 19.3 Å². The van der Waals surface area contributed by atoms with E-state index >= 15 is 0 Å². The first kappa shape index (κ1) is 14.5. The van der Waals surface area contributed by atoms with Gasteiger partial charge in [-0.1, -0.05) is 19.4 Å². The predicted octanol–water partition coefficient (Wildman–Crippen LogP) is 1.60. The zero-order valence-electron chi connectivity index (χ0n) is 11.9. The van der Waals surface area contributed by atoms with Crippen molar-refractivity contribution in [3.8, 4) is 0 Å². The molecule has 0 unspecified atom stereocenters. The molecule has 0 aromatic carbocycles. The van der Waals surface area contributed by atoms with Crippen LogP contribution < -0.4 is 10.3 Å². The molecule has 1 aliphatic rings. The minimum Gasteiger partial charge on any atom is -0.451 e. The number of aromatic amines is 1. The highest BCUT2D eigenvalue weighted by atomic mass is 16.6. The van der Waals surface area contributed by atoms with Gasteiger partial charge in [-0.3, -0.25) is 14.9 Å². The molecule has 1 aliphatic heterocycles. The number of ketones is 1. The number of carbonyl (C=O) groups excluding carboxylic acids is 2.